The molecule has 0 heterocycles. The molecule has 7 nitrogen and oxygen atoms in total. The number of hydrogen-bond acceptors (Lipinski definition) is 6. The van der Waals surface area contributed by atoms with Crippen molar-refractivity contribution in [3.8, 4) is 17.2 Å². The summed E-state index contributed by atoms with van der Waals surface area (Å²) in [5.74, 6) is 1.36. The fourth-order valence-corrected chi connectivity index (χ4v) is 3.90. The standard InChI is InChI=1S/C34H36N2O5.BrH/c1-34(2,25-35-33(38)24-39-29-16-10-5-11-17-29)36-21-30(37)28-18-19-31(40-22-26-12-6-3-7-13-26)32(20-28)41-23-27-14-8-4-9-15-27;/h3-20,36H,21-25H2,1-2H3,(H,35,38);1H. The largest absolute Gasteiger partial charge is 0.485 e. The third kappa shape index (κ3) is 10.7. The Bertz CT molecular complexity index is 1400. The van der Waals surface area contributed by atoms with Crippen molar-refractivity contribution in [3.05, 3.63) is 126 Å². The average molecular weight is 634 g/mol. The van der Waals surface area contributed by atoms with E-state index in [1.54, 1.807) is 30.3 Å². The number of carbonyl (C=O) groups is 2. The van der Waals surface area contributed by atoms with Crippen molar-refractivity contribution in [2.24, 2.45) is 0 Å². The summed E-state index contributed by atoms with van der Waals surface area (Å²) in [5.41, 5.74) is 2.03. The second kappa shape index (κ2) is 16.3. The summed E-state index contributed by atoms with van der Waals surface area (Å²) >= 11 is 0. The van der Waals surface area contributed by atoms with E-state index in [0.717, 1.165) is 11.1 Å². The molecule has 4 aromatic carbocycles. The minimum absolute atomic E-state index is 0. The van der Waals surface area contributed by atoms with Crippen molar-refractivity contribution in [1.82, 2.24) is 10.6 Å². The molecule has 0 aliphatic rings. The number of ether oxygens (including phenoxy) is 3. The fourth-order valence-electron chi connectivity index (χ4n) is 3.90. The molecule has 0 bridgehead atoms. The smallest absolute Gasteiger partial charge is 0.258 e. The van der Waals surface area contributed by atoms with Gasteiger partial charge >= 0.3 is 0 Å². The van der Waals surface area contributed by atoms with Crippen LogP contribution in [-0.2, 0) is 18.0 Å². The number of para-hydroxylation sites is 1. The van der Waals surface area contributed by atoms with E-state index in [2.05, 4.69) is 10.6 Å². The Labute approximate surface area is 258 Å². The monoisotopic (exact) mass is 632 g/mol. The summed E-state index contributed by atoms with van der Waals surface area (Å²) in [4.78, 5) is 25.4. The minimum atomic E-state index is -0.524. The van der Waals surface area contributed by atoms with E-state index in [1.807, 2.05) is 92.7 Å². The van der Waals surface area contributed by atoms with Crippen LogP contribution in [0.4, 0.5) is 0 Å². The molecule has 0 fully saturated rings. The maximum Gasteiger partial charge on any atom is 0.258 e. The van der Waals surface area contributed by atoms with Crippen LogP contribution in [0.2, 0.25) is 0 Å². The van der Waals surface area contributed by atoms with Gasteiger partial charge in [-0.15, -0.1) is 17.0 Å². The van der Waals surface area contributed by atoms with Crippen molar-refractivity contribution < 1.29 is 23.8 Å². The minimum Gasteiger partial charge on any atom is -0.485 e. The van der Waals surface area contributed by atoms with Gasteiger partial charge in [-0.1, -0.05) is 78.9 Å². The first kappa shape index (κ1) is 32.4. The zero-order valence-electron chi connectivity index (χ0n) is 23.9. The number of amides is 1. The van der Waals surface area contributed by atoms with Gasteiger partial charge in [-0.3, -0.25) is 9.59 Å². The molecule has 42 heavy (non-hydrogen) atoms. The lowest BCUT2D eigenvalue weighted by Gasteiger charge is -2.26. The average Bonchev–Trinajstić information content (AvgIpc) is 3.01. The van der Waals surface area contributed by atoms with Crippen LogP contribution >= 0.6 is 17.0 Å². The molecule has 0 unspecified atom stereocenters. The van der Waals surface area contributed by atoms with E-state index >= 15 is 0 Å². The molecule has 220 valence electrons. The maximum absolute atomic E-state index is 13.1. The van der Waals surface area contributed by atoms with Crippen LogP contribution in [0.3, 0.4) is 0 Å². The third-order valence-electron chi connectivity index (χ3n) is 6.31. The molecule has 0 radical (unpaired) electrons. The predicted octanol–water partition coefficient (Wildman–Crippen LogP) is 6.17. The zero-order valence-corrected chi connectivity index (χ0v) is 25.6. The second-order valence-electron chi connectivity index (χ2n) is 10.2. The lowest BCUT2D eigenvalue weighted by molar-refractivity contribution is -0.123. The van der Waals surface area contributed by atoms with Crippen LogP contribution < -0.4 is 24.8 Å². The highest BCUT2D eigenvalue weighted by Crippen LogP contribution is 2.30. The molecule has 2 N–H and O–H groups in total. The molecular formula is C34H37BrN2O5. The SMILES string of the molecule is Br.CC(C)(CNC(=O)COc1ccccc1)NCC(=O)c1ccc(OCc2ccccc2)c(OCc2ccccc2)c1. The number of carbonyl (C=O) groups excluding carboxylic acids is 2. The van der Waals surface area contributed by atoms with Gasteiger partial charge in [0.05, 0.1) is 6.54 Å². The molecule has 0 aliphatic carbocycles. The number of rotatable bonds is 15. The van der Waals surface area contributed by atoms with Crippen LogP contribution in [0.25, 0.3) is 0 Å². The van der Waals surface area contributed by atoms with Crippen LogP contribution in [0.15, 0.2) is 109 Å². The van der Waals surface area contributed by atoms with Crippen LogP contribution in [0, 0.1) is 0 Å². The summed E-state index contributed by atoms with van der Waals surface area (Å²) < 4.78 is 17.7. The summed E-state index contributed by atoms with van der Waals surface area (Å²) in [5, 5.41) is 6.11. The normalized spacial score (nSPS) is 10.7. The molecule has 0 aromatic heterocycles. The molecule has 4 aromatic rings. The molecule has 0 saturated carbocycles. The third-order valence-corrected chi connectivity index (χ3v) is 6.31. The Morgan fingerprint density at radius 2 is 1.24 bits per heavy atom. The van der Waals surface area contributed by atoms with E-state index in [9.17, 15) is 9.59 Å². The van der Waals surface area contributed by atoms with E-state index in [1.165, 1.54) is 0 Å². The highest BCUT2D eigenvalue weighted by Gasteiger charge is 2.21. The van der Waals surface area contributed by atoms with Gasteiger partial charge in [0.1, 0.15) is 19.0 Å². The van der Waals surface area contributed by atoms with Gasteiger partial charge in [-0.2, -0.15) is 0 Å². The topological polar surface area (TPSA) is 85.9 Å². The quantitative estimate of drug-likeness (QED) is 0.153. The molecule has 4 rings (SSSR count). The molecular weight excluding hydrogens is 596 g/mol. The molecule has 0 saturated heterocycles. The second-order valence-corrected chi connectivity index (χ2v) is 10.2. The fraction of sp³-hybridized carbons (Fsp3) is 0.235. The first-order chi connectivity index (χ1) is 19.9. The number of Topliss-reactive ketones (excluding diaryl/α,β-unsaturated/α-hetero) is 1. The molecule has 0 aliphatic heterocycles. The van der Waals surface area contributed by atoms with Gasteiger partial charge in [0.15, 0.2) is 23.9 Å². The van der Waals surface area contributed by atoms with Crippen molar-refractivity contribution in [2.75, 3.05) is 19.7 Å². The number of hydrogen-bond donors (Lipinski definition) is 2. The zero-order chi connectivity index (χ0) is 28.9. The number of nitrogens with one attached hydrogen (secondary N) is 2. The van der Waals surface area contributed by atoms with E-state index in [-0.39, 0.29) is 41.8 Å². The van der Waals surface area contributed by atoms with Crippen molar-refractivity contribution >= 4 is 28.7 Å². The number of halogens is 1. The summed E-state index contributed by atoms with van der Waals surface area (Å²) in [6.45, 7) is 4.91. The van der Waals surface area contributed by atoms with Crippen molar-refractivity contribution in [2.45, 2.75) is 32.6 Å². The lowest BCUT2D eigenvalue weighted by atomic mass is 10.0. The molecule has 1 amide bonds. The van der Waals surface area contributed by atoms with E-state index in [4.69, 9.17) is 14.2 Å². The lowest BCUT2D eigenvalue weighted by Crippen LogP contribution is -2.51. The van der Waals surface area contributed by atoms with Gasteiger partial charge in [0.25, 0.3) is 5.91 Å². The highest BCUT2D eigenvalue weighted by atomic mass is 79.9. The summed E-state index contributed by atoms with van der Waals surface area (Å²) in [6.07, 6.45) is 0. The van der Waals surface area contributed by atoms with Crippen LogP contribution in [0.1, 0.15) is 35.3 Å². The summed E-state index contributed by atoms with van der Waals surface area (Å²) in [7, 11) is 0. The van der Waals surface area contributed by atoms with Crippen molar-refractivity contribution in [3.63, 3.8) is 0 Å². The first-order valence-electron chi connectivity index (χ1n) is 13.6. The van der Waals surface area contributed by atoms with Gasteiger partial charge in [0.2, 0.25) is 0 Å². The number of ketones is 1. The Morgan fingerprint density at radius 3 is 1.83 bits per heavy atom. The summed E-state index contributed by atoms with van der Waals surface area (Å²) in [6, 6.07) is 34.1. The Kier molecular flexibility index (Phi) is 12.6. The molecule has 0 atom stereocenters. The van der Waals surface area contributed by atoms with E-state index < -0.39 is 5.54 Å². The molecule has 0 spiro atoms. The maximum atomic E-state index is 13.1. The van der Waals surface area contributed by atoms with Gasteiger partial charge in [-0.25, -0.2) is 0 Å². The first-order valence-corrected chi connectivity index (χ1v) is 13.6. The van der Waals surface area contributed by atoms with E-state index in [0.29, 0.717) is 42.6 Å². The Balaban J connectivity index is 0.00000484. The van der Waals surface area contributed by atoms with Crippen LogP contribution in [-0.4, -0.2) is 36.9 Å². The Hall–Kier alpha value is -4.14. The van der Waals surface area contributed by atoms with Gasteiger partial charge in [0, 0.05) is 17.6 Å². The molecule has 8 heteroatoms. The Morgan fingerprint density at radius 1 is 0.690 bits per heavy atom. The van der Waals surface area contributed by atoms with Gasteiger partial charge in [-0.05, 0) is 55.3 Å². The highest BCUT2D eigenvalue weighted by molar-refractivity contribution is 8.93. The van der Waals surface area contributed by atoms with Crippen LogP contribution in [0.5, 0.6) is 17.2 Å². The van der Waals surface area contributed by atoms with Gasteiger partial charge < -0.3 is 24.8 Å². The van der Waals surface area contributed by atoms with Crippen molar-refractivity contribution in [1.29, 1.82) is 0 Å². The number of benzene rings is 4. The predicted molar refractivity (Wildman–Crippen MR) is 170 cm³/mol.